The average Bonchev–Trinajstić information content (AvgIpc) is 3.15. The fourth-order valence-electron chi connectivity index (χ4n) is 3.46. The largest absolute Gasteiger partial charge is 0.336 e. The number of halogens is 2. The van der Waals surface area contributed by atoms with Crippen molar-refractivity contribution in [1.29, 1.82) is 0 Å². The summed E-state index contributed by atoms with van der Waals surface area (Å²) in [7, 11) is -4.00. The van der Waals surface area contributed by atoms with Crippen LogP contribution in [0.3, 0.4) is 0 Å². The predicted molar refractivity (Wildman–Crippen MR) is 112 cm³/mol. The summed E-state index contributed by atoms with van der Waals surface area (Å²) in [6, 6.07) is 10.8. The molecule has 11 heteroatoms. The van der Waals surface area contributed by atoms with Crippen LogP contribution in [0.4, 0.5) is 8.78 Å². The van der Waals surface area contributed by atoms with Crippen LogP contribution < -0.4 is 0 Å². The van der Waals surface area contributed by atoms with Gasteiger partial charge in [-0.3, -0.25) is 9.36 Å². The molecule has 0 aliphatic carbocycles. The van der Waals surface area contributed by atoms with E-state index in [-0.39, 0.29) is 47.4 Å². The molecule has 0 unspecified atom stereocenters. The first-order valence-corrected chi connectivity index (χ1v) is 11.2. The minimum atomic E-state index is -4.00. The first-order valence-electron chi connectivity index (χ1n) is 9.39. The fraction of sp³-hybridized carbons (Fsp3) is 0.200. The van der Waals surface area contributed by atoms with Crippen LogP contribution in [-0.2, 0) is 10.0 Å². The number of imidazole rings is 1. The molecule has 0 atom stereocenters. The third-order valence-corrected chi connectivity index (χ3v) is 7.29. The number of H-pyrrole nitrogens is 1. The van der Waals surface area contributed by atoms with Gasteiger partial charge in [-0.1, -0.05) is 12.1 Å². The van der Waals surface area contributed by atoms with Crippen LogP contribution >= 0.6 is 12.2 Å². The molecule has 1 fully saturated rings. The molecular weight excluding hydrogens is 446 g/mol. The van der Waals surface area contributed by atoms with Crippen LogP contribution in [0, 0.1) is 16.4 Å². The minimum Gasteiger partial charge on any atom is -0.336 e. The van der Waals surface area contributed by atoms with Gasteiger partial charge < -0.3 is 9.88 Å². The number of amides is 1. The van der Waals surface area contributed by atoms with Crippen molar-refractivity contribution in [3.8, 4) is 5.69 Å². The zero-order valence-electron chi connectivity index (χ0n) is 16.2. The van der Waals surface area contributed by atoms with Gasteiger partial charge in [0.25, 0.3) is 5.91 Å². The highest BCUT2D eigenvalue weighted by Gasteiger charge is 2.32. The van der Waals surface area contributed by atoms with Crippen molar-refractivity contribution in [2.45, 2.75) is 4.90 Å². The lowest BCUT2D eigenvalue weighted by atomic mass is 10.2. The van der Waals surface area contributed by atoms with Crippen molar-refractivity contribution in [3.63, 3.8) is 0 Å². The molecule has 1 aliphatic heterocycles. The third-order valence-electron chi connectivity index (χ3n) is 5.06. The topological polar surface area (TPSA) is 78.4 Å². The molecule has 1 aliphatic rings. The van der Waals surface area contributed by atoms with Crippen molar-refractivity contribution >= 4 is 28.1 Å². The summed E-state index contributed by atoms with van der Waals surface area (Å²) in [5, 5.41) is 0. The third kappa shape index (κ3) is 4.03. The molecule has 1 saturated heterocycles. The lowest BCUT2D eigenvalue weighted by Crippen LogP contribution is -2.50. The predicted octanol–water partition coefficient (Wildman–Crippen LogP) is 2.96. The zero-order valence-corrected chi connectivity index (χ0v) is 17.8. The van der Waals surface area contributed by atoms with Gasteiger partial charge in [0.05, 0.1) is 0 Å². The number of nitrogens with zero attached hydrogens (tertiary/aromatic N) is 3. The molecular formula is C20H18F2N4O3S2. The van der Waals surface area contributed by atoms with Crippen LogP contribution in [0.5, 0.6) is 0 Å². The Morgan fingerprint density at radius 2 is 1.61 bits per heavy atom. The van der Waals surface area contributed by atoms with Gasteiger partial charge in [0.1, 0.15) is 22.2 Å². The van der Waals surface area contributed by atoms with Gasteiger partial charge in [-0.25, -0.2) is 17.2 Å². The quantitative estimate of drug-likeness (QED) is 0.603. The number of piperazine rings is 1. The molecule has 2 aromatic carbocycles. The van der Waals surface area contributed by atoms with E-state index in [2.05, 4.69) is 4.98 Å². The maximum Gasteiger partial charge on any atom is 0.272 e. The minimum absolute atomic E-state index is 0.0319. The molecule has 4 rings (SSSR count). The number of hydrogen-bond donors (Lipinski definition) is 1. The van der Waals surface area contributed by atoms with Crippen molar-refractivity contribution in [2.24, 2.45) is 0 Å². The van der Waals surface area contributed by atoms with Crippen LogP contribution in [0.2, 0.25) is 0 Å². The van der Waals surface area contributed by atoms with E-state index in [0.717, 1.165) is 6.07 Å². The first kappa shape index (κ1) is 21.3. The Morgan fingerprint density at radius 1 is 0.968 bits per heavy atom. The van der Waals surface area contributed by atoms with Crippen LogP contribution in [0.15, 0.2) is 59.6 Å². The van der Waals surface area contributed by atoms with Gasteiger partial charge in [0, 0.05) is 38.1 Å². The number of rotatable bonds is 4. The van der Waals surface area contributed by atoms with E-state index in [9.17, 15) is 22.0 Å². The molecule has 7 nitrogen and oxygen atoms in total. The smallest absolute Gasteiger partial charge is 0.272 e. The van der Waals surface area contributed by atoms with E-state index in [4.69, 9.17) is 12.2 Å². The Morgan fingerprint density at radius 3 is 2.26 bits per heavy atom. The Bertz CT molecular complexity index is 1280. The summed E-state index contributed by atoms with van der Waals surface area (Å²) < 4.78 is 55.7. The van der Waals surface area contributed by atoms with Gasteiger partial charge in [0.2, 0.25) is 10.0 Å². The average molecular weight is 465 g/mol. The normalized spacial score (nSPS) is 15.2. The molecule has 31 heavy (non-hydrogen) atoms. The van der Waals surface area contributed by atoms with E-state index >= 15 is 0 Å². The van der Waals surface area contributed by atoms with Gasteiger partial charge >= 0.3 is 0 Å². The van der Waals surface area contributed by atoms with Crippen molar-refractivity contribution in [3.05, 3.63) is 76.8 Å². The highest BCUT2D eigenvalue weighted by molar-refractivity contribution is 7.89. The number of nitrogens with one attached hydrogen (secondary N) is 1. The van der Waals surface area contributed by atoms with Crippen molar-refractivity contribution in [1.82, 2.24) is 18.8 Å². The zero-order chi connectivity index (χ0) is 22.2. The number of hydrogen-bond acceptors (Lipinski definition) is 4. The second-order valence-electron chi connectivity index (χ2n) is 6.92. The molecule has 0 saturated carbocycles. The van der Waals surface area contributed by atoms with E-state index < -0.39 is 21.7 Å². The second-order valence-corrected chi connectivity index (χ2v) is 9.21. The molecule has 0 radical (unpaired) electrons. The summed E-state index contributed by atoms with van der Waals surface area (Å²) in [6.07, 6.45) is 1.47. The van der Waals surface area contributed by atoms with Crippen molar-refractivity contribution in [2.75, 3.05) is 26.2 Å². The van der Waals surface area contributed by atoms with E-state index in [1.807, 2.05) is 0 Å². The molecule has 1 aromatic heterocycles. The van der Waals surface area contributed by atoms with Crippen LogP contribution in [-0.4, -0.2) is 59.3 Å². The number of carbonyl (C=O) groups is 1. The maximum absolute atomic E-state index is 14.0. The van der Waals surface area contributed by atoms with E-state index in [1.165, 1.54) is 62.4 Å². The van der Waals surface area contributed by atoms with Crippen molar-refractivity contribution < 1.29 is 22.0 Å². The van der Waals surface area contributed by atoms with Crippen LogP contribution in [0.25, 0.3) is 5.69 Å². The van der Waals surface area contributed by atoms with Gasteiger partial charge in [-0.2, -0.15) is 4.31 Å². The molecule has 0 bridgehead atoms. The number of benzene rings is 2. The van der Waals surface area contributed by atoms with E-state index in [0.29, 0.717) is 5.69 Å². The lowest BCUT2D eigenvalue weighted by molar-refractivity contribution is 0.0689. The summed E-state index contributed by atoms with van der Waals surface area (Å²) in [6.45, 7) is 0.329. The summed E-state index contributed by atoms with van der Waals surface area (Å²) >= 11 is 5.26. The fourth-order valence-corrected chi connectivity index (χ4v) is 5.21. The molecule has 0 spiro atoms. The van der Waals surface area contributed by atoms with Crippen LogP contribution in [0.1, 0.15) is 10.5 Å². The highest BCUT2D eigenvalue weighted by Crippen LogP contribution is 2.22. The Kier molecular flexibility index (Phi) is 5.73. The summed E-state index contributed by atoms with van der Waals surface area (Å²) in [5.41, 5.74) is 0.777. The number of carbonyl (C=O) groups excluding carboxylic acids is 1. The highest BCUT2D eigenvalue weighted by atomic mass is 32.2. The molecule has 3 aromatic rings. The van der Waals surface area contributed by atoms with Gasteiger partial charge in [-0.05, 0) is 48.6 Å². The Balaban J connectivity index is 1.53. The number of aromatic amines is 1. The molecule has 2 heterocycles. The van der Waals surface area contributed by atoms with Gasteiger partial charge in [-0.15, -0.1) is 0 Å². The summed E-state index contributed by atoms with van der Waals surface area (Å²) in [5.74, 6) is -1.57. The molecule has 1 amide bonds. The SMILES string of the molecule is O=C(c1c[nH]c(=S)n1-c1ccc(F)cc1)N1CCN(S(=O)(=O)c2ccccc2F)CC1. The Hall–Kier alpha value is -2.89. The Labute approximate surface area is 182 Å². The summed E-state index contributed by atoms with van der Waals surface area (Å²) in [4.78, 5) is 17.0. The van der Waals surface area contributed by atoms with Gasteiger partial charge in [0.15, 0.2) is 4.77 Å². The molecule has 162 valence electrons. The second kappa shape index (κ2) is 8.33. The maximum atomic E-state index is 14.0. The molecule has 1 N–H and O–H groups in total. The number of sulfonamides is 1. The monoisotopic (exact) mass is 464 g/mol. The van der Waals surface area contributed by atoms with E-state index in [1.54, 1.807) is 0 Å². The standard InChI is InChI=1S/C20H18F2N4O3S2/c21-14-5-7-15(8-6-14)26-17(13-23-20(26)30)19(27)24-9-11-25(12-10-24)31(28,29)18-4-2-1-3-16(18)22/h1-8,13H,9-12H2,(H,23,30). The lowest BCUT2D eigenvalue weighted by Gasteiger charge is -2.34. The first-order chi connectivity index (χ1) is 14.8. The number of aromatic nitrogens is 2.